The lowest BCUT2D eigenvalue weighted by Gasteiger charge is -2.37. The van der Waals surface area contributed by atoms with Gasteiger partial charge in [-0.1, -0.05) is 11.6 Å². The highest BCUT2D eigenvalue weighted by Gasteiger charge is 2.30. The van der Waals surface area contributed by atoms with E-state index in [1.54, 1.807) is 0 Å². The Labute approximate surface area is 126 Å². The summed E-state index contributed by atoms with van der Waals surface area (Å²) >= 11 is 5.95. The number of anilines is 1. The summed E-state index contributed by atoms with van der Waals surface area (Å²) in [6, 6.07) is 8.94. The van der Waals surface area contributed by atoms with E-state index in [1.807, 2.05) is 19.2 Å². The molecule has 0 aromatic heterocycles. The molecule has 0 amide bonds. The Kier molecular flexibility index (Phi) is 4.49. The van der Waals surface area contributed by atoms with Gasteiger partial charge in [0.25, 0.3) is 0 Å². The summed E-state index contributed by atoms with van der Waals surface area (Å²) in [5.41, 5.74) is 1.30. The van der Waals surface area contributed by atoms with E-state index < -0.39 is 0 Å². The van der Waals surface area contributed by atoms with Gasteiger partial charge in [-0.2, -0.15) is 0 Å². The third-order valence-corrected chi connectivity index (χ3v) is 4.93. The first-order valence-corrected chi connectivity index (χ1v) is 7.91. The molecule has 0 bridgehead atoms. The number of methoxy groups -OCH3 is 1. The van der Waals surface area contributed by atoms with Gasteiger partial charge in [0.05, 0.1) is 6.10 Å². The summed E-state index contributed by atoms with van der Waals surface area (Å²) < 4.78 is 5.47. The van der Waals surface area contributed by atoms with Crippen LogP contribution in [0.2, 0.25) is 5.02 Å². The average molecular weight is 295 g/mol. The van der Waals surface area contributed by atoms with Crippen molar-refractivity contribution in [1.29, 1.82) is 0 Å². The molecule has 2 saturated heterocycles. The van der Waals surface area contributed by atoms with E-state index in [2.05, 4.69) is 21.9 Å². The minimum atomic E-state index is 0.448. The van der Waals surface area contributed by atoms with E-state index in [9.17, 15) is 0 Å². The average Bonchev–Trinajstić information content (AvgIpc) is 2.97. The Bertz CT molecular complexity index is 429. The van der Waals surface area contributed by atoms with Crippen LogP contribution in [0.25, 0.3) is 0 Å². The number of hydrogen-bond acceptors (Lipinski definition) is 3. The standard InChI is InChI=1S/C16H23ClN2O/c1-20-16-8-11-19(12-16)15-6-9-18(10-7-15)14-4-2-13(17)3-5-14/h2-5,15-16H,6-12H2,1H3/t16-/m1/s1. The number of benzene rings is 1. The van der Waals surface area contributed by atoms with E-state index in [0.717, 1.165) is 30.7 Å². The third kappa shape index (κ3) is 3.11. The van der Waals surface area contributed by atoms with Crippen molar-refractivity contribution in [3.05, 3.63) is 29.3 Å². The van der Waals surface area contributed by atoms with Crippen LogP contribution in [0.15, 0.2) is 24.3 Å². The van der Waals surface area contributed by atoms with Gasteiger partial charge < -0.3 is 9.64 Å². The van der Waals surface area contributed by atoms with E-state index >= 15 is 0 Å². The van der Waals surface area contributed by atoms with E-state index in [-0.39, 0.29) is 0 Å². The molecule has 1 atom stereocenters. The van der Waals surface area contributed by atoms with Crippen LogP contribution in [0.5, 0.6) is 0 Å². The zero-order valence-electron chi connectivity index (χ0n) is 12.1. The molecule has 3 rings (SSSR count). The summed E-state index contributed by atoms with van der Waals surface area (Å²) in [6.07, 6.45) is 4.13. The Balaban J connectivity index is 1.53. The molecule has 20 heavy (non-hydrogen) atoms. The minimum absolute atomic E-state index is 0.448. The van der Waals surface area contributed by atoms with Gasteiger partial charge in [-0.25, -0.2) is 0 Å². The summed E-state index contributed by atoms with van der Waals surface area (Å²) in [5, 5.41) is 0.811. The molecule has 2 aliphatic rings. The van der Waals surface area contributed by atoms with Gasteiger partial charge in [0.1, 0.15) is 0 Å². The molecule has 2 fully saturated rings. The number of rotatable bonds is 3. The van der Waals surface area contributed by atoms with Gasteiger partial charge in [0.2, 0.25) is 0 Å². The maximum Gasteiger partial charge on any atom is 0.0710 e. The first-order valence-electron chi connectivity index (χ1n) is 7.53. The Morgan fingerprint density at radius 2 is 1.75 bits per heavy atom. The van der Waals surface area contributed by atoms with Crippen LogP contribution in [0.4, 0.5) is 5.69 Å². The molecule has 0 radical (unpaired) electrons. The summed E-state index contributed by atoms with van der Waals surface area (Å²) in [6.45, 7) is 4.59. The second-order valence-electron chi connectivity index (χ2n) is 5.84. The first kappa shape index (κ1) is 14.2. The summed E-state index contributed by atoms with van der Waals surface area (Å²) in [7, 11) is 1.83. The van der Waals surface area contributed by atoms with Crippen molar-refractivity contribution in [2.75, 3.05) is 38.2 Å². The molecular weight excluding hydrogens is 272 g/mol. The molecule has 0 unspecified atom stereocenters. The molecule has 1 aromatic rings. The number of likely N-dealkylation sites (tertiary alicyclic amines) is 1. The predicted molar refractivity (Wildman–Crippen MR) is 83.7 cm³/mol. The highest BCUT2D eigenvalue weighted by atomic mass is 35.5. The first-order chi connectivity index (χ1) is 9.76. The number of halogens is 1. The van der Waals surface area contributed by atoms with Crippen molar-refractivity contribution in [3.8, 4) is 0 Å². The minimum Gasteiger partial charge on any atom is -0.380 e. The molecule has 4 heteroatoms. The van der Waals surface area contributed by atoms with Crippen LogP contribution >= 0.6 is 11.6 Å². The fourth-order valence-corrected chi connectivity index (χ4v) is 3.55. The normalized spacial score (nSPS) is 25.3. The molecule has 1 aromatic carbocycles. The van der Waals surface area contributed by atoms with Crippen LogP contribution in [0.3, 0.4) is 0 Å². The highest BCUT2D eigenvalue weighted by molar-refractivity contribution is 6.30. The predicted octanol–water partition coefficient (Wildman–Crippen LogP) is 3.03. The fraction of sp³-hybridized carbons (Fsp3) is 0.625. The van der Waals surface area contributed by atoms with E-state index in [0.29, 0.717) is 6.10 Å². The van der Waals surface area contributed by atoms with Crippen LogP contribution in [0, 0.1) is 0 Å². The smallest absolute Gasteiger partial charge is 0.0710 e. The lowest BCUT2D eigenvalue weighted by Crippen LogP contribution is -2.44. The summed E-state index contributed by atoms with van der Waals surface area (Å²) in [4.78, 5) is 5.09. The second-order valence-corrected chi connectivity index (χ2v) is 6.27. The highest BCUT2D eigenvalue weighted by Crippen LogP contribution is 2.26. The lowest BCUT2D eigenvalue weighted by atomic mass is 10.0. The third-order valence-electron chi connectivity index (χ3n) is 4.68. The van der Waals surface area contributed by atoms with Crippen LogP contribution in [0.1, 0.15) is 19.3 Å². The zero-order chi connectivity index (χ0) is 13.9. The molecule has 0 N–H and O–H groups in total. The Morgan fingerprint density at radius 3 is 2.35 bits per heavy atom. The maximum absolute atomic E-state index is 5.95. The molecular formula is C16H23ClN2O. The van der Waals surface area contributed by atoms with E-state index in [1.165, 1.54) is 31.5 Å². The van der Waals surface area contributed by atoms with Gasteiger partial charge in [-0.15, -0.1) is 0 Å². The topological polar surface area (TPSA) is 15.7 Å². The Morgan fingerprint density at radius 1 is 1.05 bits per heavy atom. The van der Waals surface area contributed by atoms with Crippen LogP contribution < -0.4 is 4.90 Å². The van der Waals surface area contributed by atoms with Crippen molar-refractivity contribution < 1.29 is 4.74 Å². The lowest BCUT2D eigenvalue weighted by molar-refractivity contribution is 0.0975. The maximum atomic E-state index is 5.95. The van der Waals surface area contributed by atoms with Crippen molar-refractivity contribution in [2.24, 2.45) is 0 Å². The molecule has 2 heterocycles. The molecule has 0 spiro atoms. The van der Waals surface area contributed by atoms with Gasteiger partial charge in [0, 0.05) is 50.0 Å². The number of hydrogen-bond donors (Lipinski definition) is 0. The second kappa shape index (κ2) is 6.33. The van der Waals surface area contributed by atoms with Crippen LogP contribution in [-0.4, -0.2) is 50.3 Å². The quantitative estimate of drug-likeness (QED) is 0.852. The molecule has 110 valence electrons. The Hall–Kier alpha value is -0.770. The van der Waals surface area contributed by atoms with Gasteiger partial charge in [0.15, 0.2) is 0 Å². The van der Waals surface area contributed by atoms with Gasteiger partial charge in [-0.05, 0) is 43.5 Å². The molecule has 3 nitrogen and oxygen atoms in total. The number of nitrogens with zero attached hydrogens (tertiary/aromatic N) is 2. The van der Waals surface area contributed by atoms with Crippen molar-refractivity contribution in [2.45, 2.75) is 31.4 Å². The summed E-state index contributed by atoms with van der Waals surface area (Å²) in [5.74, 6) is 0. The largest absolute Gasteiger partial charge is 0.380 e. The van der Waals surface area contributed by atoms with Crippen LogP contribution in [-0.2, 0) is 4.74 Å². The van der Waals surface area contributed by atoms with Crippen molar-refractivity contribution in [3.63, 3.8) is 0 Å². The fourth-order valence-electron chi connectivity index (χ4n) is 3.42. The number of ether oxygens (including phenoxy) is 1. The zero-order valence-corrected chi connectivity index (χ0v) is 12.9. The SMILES string of the molecule is CO[C@@H]1CCN(C2CCN(c3ccc(Cl)cc3)CC2)C1. The monoisotopic (exact) mass is 294 g/mol. The molecule has 2 aliphatic heterocycles. The number of piperidine rings is 1. The van der Waals surface area contributed by atoms with Gasteiger partial charge >= 0.3 is 0 Å². The van der Waals surface area contributed by atoms with Crippen molar-refractivity contribution in [1.82, 2.24) is 4.90 Å². The molecule has 0 aliphatic carbocycles. The van der Waals surface area contributed by atoms with Gasteiger partial charge in [-0.3, -0.25) is 4.90 Å². The van der Waals surface area contributed by atoms with Crippen molar-refractivity contribution >= 4 is 17.3 Å². The van der Waals surface area contributed by atoms with E-state index in [4.69, 9.17) is 16.3 Å². The molecule has 0 saturated carbocycles.